The molecule has 2 aromatic carbocycles. The summed E-state index contributed by atoms with van der Waals surface area (Å²) < 4.78 is 7.42. The second-order valence-electron chi connectivity index (χ2n) is 6.89. The smallest absolute Gasteiger partial charge is 0.412 e. The standard InChI is InChI=1S/C22H22Cl2N2O4/c1-3-4-10-30-19-15-11-17(23)18(24)12-16(15)21(27)26(20(19)25(2)22(28)29)13-14-8-6-5-7-9-14/h5-9,11-12H,3-4,10,13H2,1-2H3,(H,28,29). The van der Waals surface area contributed by atoms with E-state index in [0.717, 1.165) is 23.3 Å². The SMILES string of the molecule is CCCCOc1c(N(C)C(=O)O)n(Cc2ccccc2)c(=O)c2cc(Cl)c(Cl)cc12. The Balaban J connectivity index is 2.36. The lowest BCUT2D eigenvalue weighted by Crippen LogP contribution is -2.33. The third-order valence-corrected chi connectivity index (χ3v) is 5.49. The maximum absolute atomic E-state index is 13.4. The van der Waals surface area contributed by atoms with E-state index in [0.29, 0.717) is 17.4 Å². The highest BCUT2D eigenvalue weighted by Crippen LogP contribution is 2.38. The first kappa shape index (κ1) is 22.0. The molecule has 1 N–H and O–H groups in total. The van der Waals surface area contributed by atoms with Gasteiger partial charge in [0.15, 0.2) is 11.6 Å². The lowest BCUT2D eigenvalue weighted by molar-refractivity contribution is 0.202. The van der Waals surface area contributed by atoms with E-state index in [4.69, 9.17) is 27.9 Å². The van der Waals surface area contributed by atoms with Crippen LogP contribution in [0.5, 0.6) is 5.75 Å². The number of anilines is 1. The van der Waals surface area contributed by atoms with Crippen LogP contribution < -0.4 is 15.2 Å². The first-order chi connectivity index (χ1) is 14.3. The summed E-state index contributed by atoms with van der Waals surface area (Å²) in [7, 11) is 1.38. The Morgan fingerprint density at radius 2 is 1.77 bits per heavy atom. The van der Waals surface area contributed by atoms with Gasteiger partial charge in [-0.15, -0.1) is 0 Å². The number of aromatic nitrogens is 1. The van der Waals surface area contributed by atoms with Crippen LogP contribution >= 0.6 is 23.2 Å². The predicted molar refractivity (Wildman–Crippen MR) is 121 cm³/mol. The lowest BCUT2D eigenvalue weighted by atomic mass is 10.1. The van der Waals surface area contributed by atoms with Crippen molar-refractivity contribution in [2.75, 3.05) is 18.6 Å². The van der Waals surface area contributed by atoms with Crippen LogP contribution in [0.1, 0.15) is 25.3 Å². The fourth-order valence-electron chi connectivity index (χ4n) is 3.19. The Morgan fingerprint density at radius 1 is 1.13 bits per heavy atom. The fraction of sp³-hybridized carbons (Fsp3) is 0.273. The summed E-state index contributed by atoms with van der Waals surface area (Å²) in [6, 6.07) is 12.4. The van der Waals surface area contributed by atoms with Crippen molar-refractivity contribution in [2.45, 2.75) is 26.3 Å². The zero-order chi connectivity index (χ0) is 21.8. The van der Waals surface area contributed by atoms with Crippen molar-refractivity contribution in [3.63, 3.8) is 0 Å². The van der Waals surface area contributed by atoms with E-state index < -0.39 is 6.09 Å². The Kier molecular flexibility index (Phi) is 6.90. The second kappa shape index (κ2) is 9.41. The molecule has 158 valence electrons. The molecular formula is C22H22Cl2N2O4. The number of nitrogens with zero attached hydrogens (tertiary/aromatic N) is 2. The minimum atomic E-state index is -1.21. The van der Waals surface area contributed by atoms with Crippen LogP contribution in [0.2, 0.25) is 10.0 Å². The van der Waals surface area contributed by atoms with E-state index in [1.807, 2.05) is 37.3 Å². The highest BCUT2D eigenvalue weighted by atomic mass is 35.5. The molecule has 0 unspecified atom stereocenters. The number of benzene rings is 2. The third-order valence-electron chi connectivity index (χ3n) is 4.77. The number of fused-ring (bicyclic) bond motifs is 1. The van der Waals surface area contributed by atoms with Crippen molar-refractivity contribution in [3.05, 3.63) is 68.4 Å². The van der Waals surface area contributed by atoms with Crippen molar-refractivity contribution in [1.82, 2.24) is 4.57 Å². The third kappa shape index (κ3) is 4.40. The molecule has 0 saturated carbocycles. The second-order valence-corrected chi connectivity index (χ2v) is 7.70. The highest BCUT2D eigenvalue weighted by molar-refractivity contribution is 6.42. The van der Waals surface area contributed by atoms with Gasteiger partial charge in [-0.05, 0) is 24.1 Å². The summed E-state index contributed by atoms with van der Waals surface area (Å²) in [5.74, 6) is 0.441. The van der Waals surface area contributed by atoms with Crippen molar-refractivity contribution in [1.29, 1.82) is 0 Å². The molecule has 3 aromatic rings. The largest absolute Gasteiger partial charge is 0.489 e. The van der Waals surface area contributed by atoms with Crippen LogP contribution in [-0.2, 0) is 6.54 Å². The molecule has 0 saturated heterocycles. The molecule has 3 rings (SSSR count). The minimum Gasteiger partial charge on any atom is -0.489 e. The Hall–Kier alpha value is -2.70. The molecule has 0 aliphatic carbocycles. The maximum Gasteiger partial charge on any atom is 0.412 e. The quantitative estimate of drug-likeness (QED) is 0.474. The van der Waals surface area contributed by atoms with E-state index in [1.54, 1.807) is 6.07 Å². The molecule has 1 heterocycles. The summed E-state index contributed by atoms with van der Waals surface area (Å²) in [6.45, 7) is 2.57. The Bertz CT molecular complexity index is 1130. The van der Waals surface area contributed by atoms with Crippen LogP contribution in [-0.4, -0.2) is 29.4 Å². The van der Waals surface area contributed by atoms with E-state index in [2.05, 4.69) is 0 Å². The molecule has 0 aliphatic rings. The molecule has 0 spiro atoms. The lowest BCUT2D eigenvalue weighted by Gasteiger charge is -2.24. The van der Waals surface area contributed by atoms with Gasteiger partial charge >= 0.3 is 6.09 Å². The van der Waals surface area contributed by atoms with Gasteiger partial charge < -0.3 is 9.84 Å². The van der Waals surface area contributed by atoms with Gasteiger partial charge in [0, 0.05) is 12.4 Å². The summed E-state index contributed by atoms with van der Waals surface area (Å²) in [6.07, 6.45) is 0.464. The number of carbonyl (C=O) groups is 1. The average Bonchev–Trinajstić information content (AvgIpc) is 2.73. The maximum atomic E-state index is 13.4. The normalized spacial score (nSPS) is 10.9. The van der Waals surface area contributed by atoms with E-state index in [1.165, 1.54) is 17.7 Å². The number of pyridine rings is 1. The van der Waals surface area contributed by atoms with Crippen LogP contribution in [0.15, 0.2) is 47.3 Å². The molecule has 0 radical (unpaired) electrons. The summed E-state index contributed by atoms with van der Waals surface area (Å²) in [4.78, 5) is 26.3. The summed E-state index contributed by atoms with van der Waals surface area (Å²) in [5, 5.41) is 10.9. The van der Waals surface area contributed by atoms with Crippen LogP contribution in [0.4, 0.5) is 10.6 Å². The average molecular weight is 449 g/mol. The first-order valence-electron chi connectivity index (χ1n) is 9.54. The number of hydrogen-bond acceptors (Lipinski definition) is 3. The van der Waals surface area contributed by atoms with Gasteiger partial charge in [0.25, 0.3) is 5.56 Å². The van der Waals surface area contributed by atoms with Crippen molar-refractivity contribution in [3.8, 4) is 5.75 Å². The fourth-order valence-corrected chi connectivity index (χ4v) is 3.52. The van der Waals surface area contributed by atoms with E-state index in [9.17, 15) is 14.7 Å². The Labute approximate surface area is 184 Å². The zero-order valence-corrected chi connectivity index (χ0v) is 18.2. The van der Waals surface area contributed by atoms with Gasteiger partial charge in [-0.2, -0.15) is 0 Å². The summed E-state index contributed by atoms with van der Waals surface area (Å²) in [5.41, 5.74) is 0.469. The molecule has 1 amide bonds. The monoisotopic (exact) mass is 448 g/mol. The van der Waals surface area contributed by atoms with Crippen LogP contribution in [0.3, 0.4) is 0 Å². The molecule has 6 nitrogen and oxygen atoms in total. The van der Waals surface area contributed by atoms with Gasteiger partial charge in [-0.25, -0.2) is 4.79 Å². The number of rotatable bonds is 7. The zero-order valence-electron chi connectivity index (χ0n) is 16.7. The Morgan fingerprint density at radius 3 is 2.37 bits per heavy atom. The number of halogens is 2. The molecular weight excluding hydrogens is 427 g/mol. The number of ether oxygens (including phenoxy) is 1. The number of hydrogen-bond donors (Lipinski definition) is 1. The van der Waals surface area contributed by atoms with Crippen LogP contribution in [0.25, 0.3) is 10.8 Å². The van der Waals surface area contributed by atoms with Crippen molar-refractivity contribution >= 4 is 45.9 Å². The van der Waals surface area contributed by atoms with E-state index in [-0.39, 0.29) is 33.7 Å². The van der Waals surface area contributed by atoms with Gasteiger partial charge in [0.05, 0.1) is 28.6 Å². The molecule has 8 heteroatoms. The van der Waals surface area contributed by atoms with Gasteiger partial charge in [-0.1, -0.05) is 66.9 Å². The van der Waals surface area contributed by atoms with Gasteiger partial charge in [0.2, 0.25) is 0 Å². The van der Waals surface area contributed by atoms with E-state index >= 15 is 0 Å². The minimum absolute atomic E-state index is 0.151. The predicted octanol–water partition coefficient (Wildman–Crippen LogP) is 5.65. The summed E-state index contributed by atoms with van der Waals surface area (Å²) >= 11 is 12.4. The molecule has 1 aromatic heterocycles. The number of carboxylic acid groups (broad SMARTS) is 1. The van der Waals surface area contributed by atoms with Crippen LogP contribution in [0, 0.1) is 0 Å². The number of amides is 1. The molecule has 0 fully saturated rings. The van der Waals surface area contributed by atoms with Crippen molar-refractivity contribution < 1.29 is 14.6 Å². The highest BCUT2D eigenvalue weighted by Gasteiger charge is 2.25. The molecule has 0 bridgehead atoms. The molecule has 0 aliphatic heterocycles. The number of unbranched alkanes of at least 4 members (excludes halogenated alkanes) is 1. The first-order valence-corrected chi connectivity index (χ1v) is 10.3. The molecule has 0 atom stereocenters. The van der Waals surface area contributed by atoms with Crippen molar-refractivity contribution in [2.24, 2.45) is 0 Å². The molecule has 30 heavy (non-hydrogen) atoms. The van der Waals surface area contributed by atoms with Gasteiger partial charge in [0.1, 0.15) is 0 Å². The topological polar surface area (TPSA) is 71.8 Å². The van der Waals surface area contributed by atoms with Gasteiger partial charge in [-0.3, -0.25) is 14.3 Å².